The SMILES string of the molecule is Cc1ncsc1-c1ccc([C@H](C)NC(=O)[C@@H]2C[C@@H](O)CN2C(=O)C(NC(=O)CCCCCCOc2cccc(-c3ccc(N4CCc5cccc(C(=O)Nc6nc7ccccc7s6)c5C4)nc3C(=O)OC(C)(C)C)c2C)C(C)(C)C)cc1. The Morgan fingerprint density at radius 1 is 0.829 bits per heavy atom. The number of aryl methyl sites for hydroxylation is 1. The van der Waals surface area contributed by atoms with E-state index in [4.69, 9.17) is 14.5 Å². The van der Waals surface area contributed by atoms with E-state index in [0.29, 0.717) is 60.4 Å². The lowest BCUT2D eigenvalue weighted by atomic mass is 9.85. The van der Waals surface area contributed by atoms with Crippen molar-refractivity contribution in [3.63, 3.8) is 0 Å². The first-order chi connectivity index (χ1) is 39.1. The molecule has 4 N–H and O–H groups in total. The van der Waals surface area contributed by atoms with Gasteiger partial charge in [-0.2, -0.15) is 0 Å². The minimum absolute atomic E-state index is 0.00551. The van der Waals surface area contributed by atoms with E-state index in [1.165, 1.54) is 16.2 Å². The van der Waals surface area contributed by atoms with Gasteiger partial charge in [-0.25, -0.2) is 19.7 Å². The van der Waals surface area contributed by atoms with Crippen molar-refractivity contribution in [1.82, 2.24) is 30.5 Å². The molecule has 0 aliphatic carbocycles. The Hall–Kier alpha value is -7.54. The van der Waals surface area contributed by atoms with Gasteiger partial charge in [-0.1, -0.05) is 106 Å². The quantitative estimate of drug-likeness (QED) is 0.0441. The van der Waals surface area contributed by atoms with Crippen molar-refractivity contribution in [2.24, 2.45) is 5.41 Å². The van der Waals surface area contributed by atoms with Crippen LogP contribution in [-0.4, -0.2) is 98.0 Å². The normalized spacial score (nSPS) is 16.1. The second kappa shape index (κ2) is 25.3. The molecule has 0 saturated carbocycles. The molecule has 2 aliphatic heterocycles. The number of aliphatic hydroxyl groups is 1. The number of fused-ring (bicyclic) bond motifs is 2. The zero-order valence-corrected chi connectivity index (χ0v) is 49.9. The fraction of sp³-hybridized carbons (Fsp3) is 0.406. The third kappa shape index (κ3) is 14.0. The Labute approximate surface area is 488 Å². The molecule has 9 rings (SSSR count). The van der Waals surface area contributed by atoms with Gasteiger partial charge >= 0.3 is 5.97 Å². The second-order valence-electron chi connectivity index (χ2n) is 23.4. The lowest BCUT2D eigenvalue weighted by Crippen LogP contribution is -2.57. The van der Waals surface area contributed by atoms with Crippen molar-refractivity contribution >= 4 is 73.4 Å². The van der Waals surface area contributed by atoms with Gasteiger partial charge in [0, 0.05) is 43.6 Å². The molecule has 1 fully saturated rings. The molecule has 1 unspecified atom stereocenters. The first-order valence-electron chi connectivity index (χ1n) is 28.2. The topological polar surface area (TPSA) is 205 Å². The molecule has 18 heteroatoms. The van der Waals surface area contributed by atoms with Gasteiger partial charge in [0.1, 0.15) is 29.3 Å². The maximum atomic E-state index is 14.3. The maximum absolute atomic E-state index is 14.3. The summed E-state index contributed by atoms with van der Waals surface area (Å²) in [5.74, 6) is -0.538. The number of nitrogens with one attached hydrogen (secondary N) is 3. The van der Waals surface area contributed by atoms with E-state index >= 15 is 0 Å². The van der Waals surface area contributed by atoms with Crippen LogP contribution in [0.2, 0.25) is 0 Å². The van der Waals surface area contributed by atoms with Crippen molar-refractivity contribution in [3.05, 3.63) is 142 Å². The molecule has 7 aromatic rings. The molecule has 430 valence electrons. The summed E-state index contributed by atoms with van der Waals surface area (Å²) < 4.78 is 13.3. The summed E-state index contributed by atoms with van der Waals surface area (Å²) >= 11 is 3.01. The van der Waals surface area contributed by atoms with E-state index in [1.807, 2.05) is 159 Å². The number of hydrogen-bond donors (Lipinski definition) is 4. The number of thiazole rings is 2. The fourth-order valence-corrected chi connectivity index (χ4v) is 12.3. The van der Waals surface area contributed by atoms with Crippen molar-refractivity contribution in [3.8, 4) is 27.3 Å². The zero-order chi connectivity index (χ0) is 58.5. The van der Waals surface area contributed by atoms with Crippen LogP contribution in [0.1, 0.15) is 142 Å². The number of esters is 1. The molecular weight excluding hydrogens is 1070 g/mol. The molecule has 1 saturated heterocycles. The standard InChI is InChI=1S/C64H74N8O8S2/c1-38-45(46-29-30-53(68-55(46)61(78)80-64(7,8)9)71-32-31-42-18-16-20-47(48(42)36-71)58(75)70-62-67-49-21-13-14-23-52(49)82-62)19-17-22-51(38)79-33-15-11-10-12-24-54(74)69-57(63(4,5)6)60(77)72-35-44(73)34-50(72)59(76)66-39(2)41-25-27-43(28-26-41)56-40(3)65-37-81-56/h13-14,16-23,25-30,37,39,44,50,57,73H,10-12,15,24,31-36H2,1-9H3,(H,66,76)(H,69,74)(H,67,70,75)/t39-,44+,50-,57?/m0/s1. The number of unbranched alkanes of at least 4 members (excludes halogenated alkanes) is 3. The largest absolute Gasteiger partial charge is 0.493 e. The predicted octanol–water partition coefficient (Wildman–Crippen LogP) is 11.6. The van der Waals surface area contributed by atoms with Gasteiger partial charge in [0.15, 0.2) is 10.8 Å². The highest BCUT2D eigenvalue weighted by Crippen LogP contribution is 2.37. The molecule has 2 aliphatic rings. The highest BCUT2D eigenvalue weighted by Gasteiger charge is 2.45. The minimum Gasteiger partial charge on any atom is -0.493 e. The number of ether oxygens (including phenoxy) is 2. The van der Waals surface area contributed by atoms with E-state index in [-0.39, 0.29) is 48.8 Å². The average Bonchev–Trinajstić information content (AvgIpc) is 4.33. The summed E-state index contributed by atoms with van der Waals surface area (Å²) in [6.07, 6.45) is 3.01. The molecule has 82 heavy (non-hydrogen) atoms. The number of rotatable bonds is 19. The number of carbonyl (C=O) groups is 5. The third-order valence-electron chi connectivity index (χ3n) is 15.0. The van der Waals surface area contributed by atoms with Crippen LogP contribution in [-0.2, 0) is 32.1 Å². The molecule has 16 nitrogen and oxygen atoms in total. The van der Waals surface area contributed by atoms with Crippen LogP contribution in [0, 0.1) is 19.3 Å². The van der Waals surface area contributed by atoms with Crippen LogP contribution in [0.3, 0.4) is 0 Å². The molecular formula is C64H74N8O8S2. The Morgan fingerprint density at radius 2 is 1.59 bits per heavy atom. The Kier molecular flexibility index (Phi) is 18.2. The van der Waals surface area contributed by atoms with Crippen LogP contribution in [0.15, 0.2) is 103 Å². The summed E-state index contributed by atoms with van der Waals surface area (Å²) in [6.45, 7) is 18.4. The minimum atomic E-state index is -0.915. The summed E-state index contributed by atoms with van der Waals surface area (Å²) in [4.78, 5) is 88.0. The lowest BCUT2D eigenvalue weighted by Gasteiger charge is -2.35. The van der Waals surface area contributed by atoms with Crippen molar-refractivity contribution < 1.29 is 38.6 Å². The number of anilines is 2. The lowest BCUT2D eigenvalue weighted by molar-refractivity contribution is -0.144. The average molecular weight is 1150 g/mol. The number of carbonyl (C=O) groups excluding carboxylic acids is 5. The van der Waals surface area contributed by atoms with E-state index in [1.54, 1.807) is 11.3 Å². The smallest absolute Gasteiger partial charge is 0.358 e. The van der Waals surface area contributed by atoms with E-state index in [2.05, 4.69) is 36.9 Å². The molecule has 3 aromatic heterocycles. The van der Waals surface area contributed by atoms with Crippen molar-refractivity contribution in [1.29, 1.82) is 0 Å². The number of nitrogens with zero attached hydrogens (tertiary/aromatic N) is 5. The third-order valence-corrected chi connectivity index (χ3v) is 16.9. The molecule has 4 amide bonds. The summed E-state index contributed by atoms with van der Waals surface area (Å²) in [5, 5.41) is 20.3. The number of β-amino-alcohol motifs (C(OH)–C–C–N with tert-alkyl or cyclic N) is 1. The van der Waals surface area contributed by atoms with Crippen molar-refractivity contribution in [2.45, 2.75) is 144 Å². The summed E-state index contributed by atoms with van der Waals surface area (Å²) in [5.41, 5.74) is 9.05. The highest BCUT2D eigenvalue weighted by atomic mass is 32.1. The summed E-state index contributed by atoms with van der Waals surface area (Å²) in [6, 6.07) is 29.0. The van der Waals surface area contributed by atoms with Crippen LogP contribution >= 0.6 is 22.7 Å². The molecule has 4 aromatic carbocycles. The number of benzene rings is 4. The molecule has 0 spiro atoms. The highest BCUT2D eigenvalue weighted by molar-refractivity contribution is 7.22. The van der Waals surface area contributed by atoms with Crippen LogP contribution in [0.5, 0.6) is 5.75 Å². The van der Waals surface area contributed by atoms with Crippen molar-refractivity contribution in [2.75, 3.05) is 29.9 Å². The first kappa shape index (κ1) is 59.1. The van der Waals surface area contributed by atoms with Crippen LogP contribution in [0.25, 0.3) is 31.8 Å². The van der Waals surface area contributed by atoms with E-state index in [0.717, 1.165) is 73.4 Å². The number of aromatic nitrogens is 3. The number of pyridine rings is 1. The zero-order valence-electron chi connectivity index (χ0n) is 48.3. The molecule has 4 atom stereocenters. The van der Waals surface area contributed by atoms with Gasteiger partial charge in [-0.05, 0) is 136 Å². The van der Waals surface area contributed by atoms with Crippen LogP contribution in [0.4, 0.5) is 10.9 Å². The van der Waals surface area contributed by atoms with Gasteiger partial charge < -0.3 is 35.0 Å². The Morgan fingerprint density at radius 3 is 2.32 bits per heavy atom. The second-order valence-corrected chi connectivity index (χ2v) is 25.3. The van der Waals surface area contributed by atoms with Gasteiger partial charge in [0.05, 0.1) is 45.1 Å². The number of hydrogen-bond acceptors (Lipinski definition) is 14. The van der Waals surface area contributed by atoms with Gasteiger partial charge in [0.2, 0.25) is 17.7 Å². The van der Waals surface area contributed by atoms with E-state index in [9.17, 15) is 29.1 Å². The molecule has 0 bridgehead atoms. The van der Waals surface area contributed by atoms with Gasteiger partial charge in [-0.3, -0.25) is 24.5 Å². The van der Waals surface area contributed by atoms with Gasteiger partial charge in [-0.15, -0.1) is 11.3 Å². The Bertz CT molecular complexity index is 3440. The maximum Gasteiger partial charge on any atom is 0.358 e. The monoisotopic (exact) mass is 1150 g/mol. The summed E-state index contributed by atoms with van der Waals surface area (Å²) in [7, 11) is 0. The van der Waals surface area contributed by atoms with E-state index < -0.39 is 41.1 Å². The number of amides is 4. The van der Waals surface area contributed by atoms with Crippen LogP contribution < -0.4 is 25.6 Å². The number of aliphatic hydroxyl groups excluding tert-OH is 1. The Balaban J connectivity index is 0.779. The molecule has 0 radical (unpaired) electrons. The number of likely N-dealkylation sites (tertiary alicyclic amines) is 1. The predicted molar refractivity (Wildman–Crippen MR) is 323 cm³/mol. The molecule has 5 heterocycles. The fourth-order valence-electron chi connectivity index (χ4n) is 10.6. The first-order valence-corrected chi connectivity index (χ1v) is 29.9. The number of para-hydroxylation sites is 1. The van der Waals surface area contributed by atoms with Gasteiger partial charge in [0.25, 0.3) is 5.91 Å².